The Morgan fingerprint density at radius 2 is 1.72 bits per heavy atom. The van der Waals surface area contributed by atoms with Gasteiger partial charge in [-0.3, -0.25) is 4.79 Å². The SMILES string of the molecule is CC(C)[C@H](CCCCCCc1ccc(C(C)(C)C)c(OCS(C)(=O)=O)c1)C(=O)O. The van der Waals surface area contributed by atoms with Gasteiger partial charge in [0.15, 0.2) is 15.8 Å². The van der Waals surface area contributed by atoms with Crippen molar-refractivity contribution >= 4 is 15.8 Å². The molecule has 1 N–H and O–H groups in total. The van der Waals surface area contributed by atoms with E-state index in [0.717, 1.165) is 49.7 Å². The van der Waals surface area contributed by atoms with Gasteiger partial charge in [0, 0.05) is 6.26 Å². The van der Waals surface area contributed by atoms with Crippen molar-refractivity contribution in [2.75, 3.05) is 12.2 Å². The van der Waals surface area contributed by atoms with Crippen LogP contribution in [0.2, 0.25) is 0 Å². The van der Waals surface area contributed by atoms with E-state index in [4.69, 9.17) is 4.74 Å². The molecule has 29 heavy (non-hydrogen) atoms. The molecular weight excluding hydrogens is 388 g/mol. The quantitative estimate of drug-likeness (QED) is 0.464. The standard InChI is InChI=1S/C23H38O5S/c1-17(2)19(22(24)25)12-10-8-7-9-11-18-13-14-20(23(3,4)5)21(15-18)28-16-29(6,26)27/h13-15,17,19H,7-12,16H2,1-6H3,(H,24,25)/t19-/m0/s1. The Kier molecular flexibility index (Phi) is 9.66. The zero-order valence-electron chi connectivity index (χ0n) is 18.8. The van der Waals surface area contributed by atoms with E-state index < -0.39 is 15.8 Å². The number of aryl methyl sites for hydroxylation is 1. The molecule has 6 heteroatoms. The van der Waals surface area contributed by atoms with Gasteiger partial charge in [0.25, 0.3) is 0 Å². The molecule has 0 saturated carbocycles. The molecule has 0 bridgehead atoms. The number of carboxylic acids is 1. The lowest BCUT2D eigenvalue weighted by atomic mass is 9.85. The molecule has 0 radical (unpaired) electrons. The van der Waals surface area contributed by atoms with Crippen LogP contribution in [0.25, 0.3) is 0 Å². The highest BCUT2D eigenvalue weighted by atomic mass is 32.2. The zero-order valence-corrected chi connectivity index (χ0v) is 19.6. The smallest absolute Gasteiger partial charge is 0.306 e. The monoisotopic (exact) mass is 426 g/mol. The fourth-order valence-corrected chi connectivity index (χ4v) is 3.76. The maximum Gasteiger partial charge on any atom is 0.306 e. The molecule has 0 fully saturated rings. The van der Waals surface area contributed by atoms with Gasteiger partial charge in [-0.1, -0.05) is 66.0 Å². The van der Waals surface area contributed by atoms with Crippen LogP contribution in [0.3, 0.4) is 0 Å². The number of hydrogen-bond donors (Lipinski definition) is 1. The van der Waals surface area contributed by atoms with Crippen molar-refractivity contribution in [2.24, 2.45) is 11.8 Å². The molecule has 0 aliphatic heterocycles. The molecule has 0 aromatic heterocycles. The van der Waals surface area contributed by atoms with Crippen molar-refractivity contribution in [3.63, 3.8) is 0 Å². The van der Waals surface area contributed by atoms with Gasteiger partial charge in [-0.15, -0.1) is 0 Å². The molecule has 1 atom stereocenters. The Labute approximate surface area is 176 Å². The number of carbonyl (C=O) groups is 1. The molecule has 0 aliphatic carbocycles. The highest BCUT2D eigenvalue weighted by Crippen LogP contribution is 2.33. The van der Waals surface area contributed by atoms with E-state index in [2.05, 4.69) is 26.8 Å². The van der Waals surface area contributed by atoms with Crippen LogP contribution >= 0.6 is 0 Å². The largest absolute Gasteiger partial charge is 0.481 e. The van der Waals surface area contributed by atoms with Crippen LogP contribution in [0.5, 0.6) is 5.75 Å². The van der Waals surface area contributed by atoms with Crippen LogP contribution in [0, 0.1) is 11.8 Å². The number of aliphatic carboxylic acids is 1. The van der Waals surface area contributed by atoms with Crippen molar-refractivity contribution in [1.82, 2.24) is 0 Å². The summed E-state index contributed by atoms with van der Waals surface area (Å²) >= 11 is 0. The second kappa shape index (κ2) is 11.0. The van der Waals surface area contributed by atoms with E-state index in [9.17, 15) is 18.3 Å². The highest BCUT2D eigenvalue weighted by Gasteiger charge is 2.21. The minimum Gasteiger partial charge on any atom is -0.481 e. The second-order valence-corrected chi connectivity index (χ2v) is 11.5. The average molecular weight is 427 g/mol. The molecule has 0 saturated heterocycles. The van der Waals surface area contributed by atoms with E-state index >= 15 is 0 Å². The number of sulfone groups is 1. The molecule has 0 amide bonds. The number of benzene rings is 1. The van der Waals surface area contributed by atoms with Crippen LogP contribution < -0.4 is 4.74 Å². The highest BCUT2D eigenvalue weighted by molar-refractivity contribution is 7.90. The summed E-state index contributed by atoms with van der Waals surface area (Å²) in [6, 6.07) is 6.09. The van der Waals surface area contributed by atoms with Gasteiger partial charge in [-0.2, -0.15) is 0 Å². The third-order valence-corrected chi connectivity index (χ3v) is 5.68. The number of ether oxygens (including phenoxy) is 1. The van der Waals surface area contributed by atoms with Gasteiger partial charge in [0.1, 0.15) is 5.75 Å². The number of hydrogen-bond acceptors (Lipinski definition) is 4. The second-order valence-electron chi connectivity index (χ2n) is 9.41. The number of unbranched alkanes of at least 4 members (excludes halogenated alkanes) is 3. The molecular formula is C23H38O5S. The van der Waals surface area contributed by atoms with Crippen molar-refractivity contribution in [3.8, 4) is 5.75 Å². The first-order valence-corrected chi connectivity index (χ1v) is 12.5. The van der Waals surface area contributed by atoms with E-state index in [1.165, 1.54) is 6.26 Å². The van der Waals surface area contributed by atoms with Gasteiger partial charge < -0.3 is 9.84 Å². The van der Waals surface area contributed by atoms with E-state index in [1.54, 1.807) is 0 Å². The molecule has 0 heterocycles. The molecule has 0 aliphatic rings. The molecule has 1 rings (SSSR count). The number of rotatable bonds is 12. The predicted octanol–water partition coefficient (Wildman–Crippen LogP) is 5.21. The lowest BCUT2D eigenvalue weighted by Gasteiger charge is -2.23. The lowest BCUT2D eigenvalue weighted by Crippen LogP contribution is -2.19. The lowest BCUT2D eigenvalue weighted by molar-refractivity contribution is -0.143. The summed E-state index contributed by atoms with van der Waals surface area (Å²) < 4.78 is 28.6. The Hall–Kier alpha value is -1.56. The predicted molar refractivity (Wildman–Crippen MR) is 118 cm³/mol. The Morgan fingerprint density at radius 3 is 2.24 bits per heavy atom. The molecule has 166 valence electrons. The summed E-state index contributed by atoms with van der Waals surface area (Å²) in [6.45, 7) is 10.2. The van der Waals surface area contributed by atoms with Gasteiger partial charge in [-0.05, 0) is 47.8 Å². The van der Waals surface area contributed by atoms with Crippen molar-refractivity contribution < 1.29 is 23.1 Å². The zero-order chi connectivity index (χ0) is 22.2. The van der Waals surface area contributed by atoms with Crippen molar-refractivity contribution in [3.05, 3.63) is 29.3 Å². The topological polar surface area (TPSA) is 80.7 Å². The molecule has 1 aromatic carbocycles. The molecule has 5 nitrogen and oxygen atoms in total. The first-order valence-electron chi connectivity index (χ1n) is 10.5. The number of carboxylic acid groups (broad SMARTS) is 1. The van der Waals surface area contributed by atoms with Crippen molar-refractivity contribution in [1.29, 1.82) is 0 Å². The summed E-state index contributed by atoms with van der Waals surface area (Å²) in [4.78, 5) is 11.2. The average Bonchev–Trinajstić information content (AvgIpc) is 2.57. The fraction of sp³-hybridized carbons (Fsp3) is 0.696. The molecule has 1 aromatic rings. The van der Waals surface area contributed by atoms with Gasteiger partial charge in [-0.25, -0.2) is 8.42 Å². The van der Waals surface area contributed by atoms with E-state index in [0.29, 0.717) is 5.75 Å². The van der Waals surface area contributed by atoms with Crippen LogP contribution in [0.4, 0.5) is 0 Å². The van der Waals surface area contributed by atoms with Crippen LogP contribution in [0.15, 0.2) is 18.2 Å². The molecule has 0 unspecified atom stereocenters. The summed E-state index contributed by atoms with van der Waals surface area (Å²) in [5.41, 5.74) is 1.99. The Bertz CT molecular complexity index is 760. The summed E-state index contributed by atoms with van der Waals surface area (Å²) in [6.07, 6.45) is 6.81. The fourth-order valence-electron chi connectivity index (χ4n) is 3.42. The maximum atomic E-state index is 11.5. The van der Waals surface area contributed by atoms with Crippen LogP contribution in [-0.2, 0) is 26.5 Å². The molecule has 0 spiro atoms. The first-order chi connectivity index (χ1) is 13.3. The minimum absolute atomic E-state index is 0.136. The van der Waals surface area contributed by atoms with E-state index in [-0.39, 0.29) is 23.2 Å². The van der Waals surface area contributed by atoms with Gasteiger partial charge in [0.2, 0.25) is 0 Å². The maximum absolute atomic E-state index is 11.5. The Morgan fingerprint density at radius 1 is 1.10 bits per heavy atom. The van der Waals surface area contributed by atoms with Gasteiger partial charge >= 0.3 is 5.97 Å². The third kappa shape index (κ3) is 9.66. The van der Waals surface area contributed by atoms with Gasteiger partial charge in [0.05, 0.1) is 5.92 Å². The summed E-state index contributed by atoms with van der Waals surface area (Å²) in [5, 5.41) is 9.25. The minimum atomic E-state index is -3.21. The first kappa shape index (κ1) is 25.5. The van der Waals surface area contributed by atoms with Crippen LogP contribution in [-0.4, -0.2) is 31.7 Å². The normalized spacial score (nSPS) is 13.5. The summed E-state index contributed by atoms with van der Waals surface area (Å²) in [7, 11) is -3.21. The van der Waals surface area contributed by atoms with Crippen LogP contribution in [0.1, 0.15) is 77.8 Å². The van der Waals surface area contributed by atoms with E-state index in [1.807, 2.05) is 26.0 Å². The summed E-state index contributed by atoms with van der Waals surface area (Å²) in [5.74, 6) is -0.462. The Balaban J connectivity index is 2.61. The van der Waals surface area contributed by atoms with Crippen molar-refractivity contribution in [2.45, 2.75) is 78.6 Å². The third-order valence-electron chi connectivity index (χ3n) is 5.14.